The second kappa shape index (κ2) is 9.43. The van der Waals surface area contributed by atoms with Gasteiger partial charge in [-0.2, -0.15) is 0 Å². The summed E-state index contributed by atoms with van der Waals surface area (Å²) in [4.78, 5) is 37.8. The first-order valence-electron chi connectivity index (χ1n) is 9.89. The van der Waals surface area contributed by atoms with Gasteiger partial charge in [0.25, 0.3) is 11.8 Å². The molecule has 7 heteroatoms. The molecule has 2 aromatic rings. The zero-order chi connectivity index (χ0) is 21.7. The van der Waals surface area contributed by atoms with E-state index in [9.17, 15) is 14.4 Å². The third-order valence-corrected chi connectivity index (χ3v) is 5.12. The molecule has 0 spiro atoms. The van der Waals surface area contributed by atoms with Crippen LogP contribution in [0.4, 0.5) is 5.69 Å². The molecule has 1 N–H and O–H groups in total. The molecule has 0 unspecified atom stereocenters. The summed E-state index contributed by atoms with van der Waals surface area (Å²) in [5.41, 5.74) is 3.95. The molecule has 158 valence electrons. The molecule has 30 heavy (non-hydrogen) atoms. The van der Waals surface area contributed by atoms with E-state index in [0.29, 0.717) is 11.4 Å². The average Bonchev–Trinajstić information content (AvgIpc) is 2.73. The van der Waals surface area contributed by atoms with Gasteiger partial charge in [-0.25, -0.2) is 0 Å². The molecule has 2 amide bonds. The van der Waals surface area contributed by atoms with Crippen LogP contribution in [0.2, 0.25) is 0 Å². The first kappa shape index (κ1) is 21.4. The fraction of sp³-hybridized carbons (Fsp3) is 0.348. The Hall–Kier alpha value is -3.35. The topological polar surface area (TPSA) is 84.9 Å². The lowest BCUT2D eigenvalue weighted by atomic mass is 10.0. The molecule has 1 aliphatic heterocycles. The minimum Gasteiger partial charge on any atom is -0.482 e. The number of para-hydroxylation sites is 2. The number of fused-ring (bicyclic) bond motifs is 1. The number of nitrogens with one attached hydrogen (secondary N) is 1. The van der Waals surface area contributed by atoms with Gasteiger partial charge < -0.3 is 19.7 Å². The number of esters is 1. The third kappa shape index (κ3) is 5.17. The van der Waals surface area contributed by atoms with Gasteiger partial charge in [0.2, 0.25) is 0 Å². The van der Waals surface area contributed by atoms with Gasteiger partial charge in [0.05, 0.1) is 18.2 Å². The first-order chi connectivity index (χ1) is 14.3. The predicted molar refractivity (Wildman–Crippen MR) is 112 cm³/mol. The molecule has 0 saturated carbocycles. The molecule has 0 fully saturated rings. The van der Waals surface area contributed by atoms with Gasteiger partial charge in [0.15, 0.2) is 13.2 Å². The van der Waals surface area contributed by atoms with Gasteiger partial charge in [-0.3, -0.25) is 14.4 Å². The van der Waals surface area contributed by atoms with Crippen molar-refractivity contribution in [3.05, 3.63) is 59.2 Å². The van der Waals surface area contributed by atoms with Gasteiger partial charge in [-0.05, 0) is 49.6 Å². The molecular formula is C23H26N2O5. The van der Waals surface area contributed by atoms with Crippen LogP contribution in [-0.4, -0.2) is 37.5 Å². The van der Waals surface area contributed by atoms with E-state index in [0.717, 1.165) is 11.1 Å². The van der Waals surface area contributed by atoms with E-state index in [2.05, 4.69) is 5.32 Å². The molecule has 3 rings (SSSR count). The van der Waals surface area contributed by atoms with Crippen molar-refractivity contribution in [1.29, 1.82) is 0 Å². The first-order valence-corrected chi connectivity index (χ1v) is 9.89. The minimum atomic E-state index is -0.541. The van der Waals surface area contributed by atoms with E-state index in [4.69, 9.17) is 9.47 Å². The third-order valence-electron chi connectivity index (χ3n) is 5.12. The number of carbonyl (C=O) groups is 3. The van der Waals surface area contributed by atoms with E-state index in [1.54, 1.807) is 18.2 Å². The molecule has 0 aromatic heterocycles. The van der Waals surface area contributed by atoms with E-state index < -0.39 is 5.97 Å². The normalized spacial score (nSPS) is 13.8. The Kier molecular flexibility index (Phi) is 6.72. The summed E-state index contributed by atoms with van der Waals surface area (Å²) < 4.78 is 10.5. The van der Waals surface area contributed by atoms with E-state index >= 15 is 0 Å². The van der Waals surface area contributed by atoms with Crippen LogP contribution in [0.5, 0.6) is 5.75 Å². The number of amides is 2. The monoisotopic (exact) mass is 410 g/mol. The Balaban J connectivity index is 1.46. The number of anilines is 1. The summed E-state index contributed by atoms with van der Waals surface area (Å²) in [6.45, 7) is 5.67. The molecule has 1 heterocycles. The van der Waals surface area contributed by atoms with Crippen LogP contribution in [0.25, 0.3) is 0 Å². The highest BCUT2D eigenvalue weighted by molar-refractivity contribution is 5.98. The van der Waals surface area contributed by atoms with Crippen molar-refractivity contribution in [1.82, 2.24) is 5.32 Å². The van der Waals surface area contributed by atoms with Crippen molar-refractivity contribution in [2.75, 3.05) is 24.7 Å². The Morgan fingerprint density at radius 3 is 2.70 bits per heavy atom. The number of hydrogen-bond acceptors (Lipinski definition) is 5. The molecule has 0 aliphatic carbocycles. The summed E-state index contributed by atoms with van der Waals surface area (Å²) in [7, 11) is 0. The van der Waals surface area contributed by atoms with Crippen LogP contribution in [-0.2, 0) is 19.1 Å². The Labute approximate surface area is 176 Å². The lowest BCUT2D eigenvalue weighted by Gasteiger charge is -2.28. The van der Waals surface area contributed by atoms with E-state index in [-0.39, 0.29) is 44.0 Å². The second-order valence-corrected chi connectivity index (χ2v) is 7.35. The van der Waals surface area contributed by atoms with Crippen LogP contribution in [0.15, 0.2) is 42.5 Å². The van der Waals surface area contributed by atoms with Crippen molar-refractivity contribution < 1.29 is 23.9 Å². The standard InChI is InChI=1S/C23H26N2O5/c1-15-8-9-18(12-16(15)2)17(3)24-21(26)13-30-23(28)10-11-25-19-6-4-5-7-20(19)29-14-22(25)27/h4-9,12,17H,10-11,13-14H2,1-3H3,(H,24,26)/t17-/m1/s1. The Morgan fingerprint density at radius 2 is 1.93 bits per heavy atom. The van der Waals surface area contributed by atoms with Crippen molar-refractivity contribution >= 4 is 23.5 Å². The highest BCUT2D eigenvalue weighted by Crippen LogP contribution is 2.31. The van der Waals surface area contributed by atoms with Gasteiger partial charge in [-0.1, -0.05) is 30.3 Å². The van der Waals surface area contributed by atoms with E-state index in [1.165, 1.54) is 10.5 Å². The molecule has 0 radical (unpaired) electrons. The summed E-state index contributed by atoms with van der Waals surface area (Å²) in [5.74, 6) is -0.533. The molecule has 7 nitrogen and oxygen atoms in total. The highest BCUT2D eigenvalue weighted by atomic mass is 16.5. The highest BCUT2D eigenvalue weighted by Gasteiger charge is 2.25. The van der Waals surface area contributed by atoms with Crippen molar-refractivity contribution in [2.24, 2.45) is 0 Å². The van der Waals surface area contributed by atoms with Gasteiger partial charge in [-0.15, -0.1) is 0 Å². The fourth-order valence-electron chi connectivity index (χ4n) is 3.22. The number of carbonyl (C=O) groups excluding carboxylic acids is 3. The maximum absolute atomic E-state index is 12.1. The molecule has 2 aromatic carbocycles. The number of nitrogens with zero attached hydrogens (tertiary/aromatic N) is 1. The smallest absolute Gasteiger partial charge is 0.308 e. The van der Waals surface area contributed by atoms with Crippen LogP contribution in [0.3, 0.4) is 0 Å². The maximum atomic E-state index is 12.1. The Bertz CT molecular complexity index is 956. The number of ether oxygens (including phenoxy) is 2. The number of benzene rings is 2. The van der Waals surface area contributed by atoms with Gasteiger partial charge >= 0.3 is 5.97 Å². The number of aryl methyl sites for hydroxylation is 2. The minimum absolute atomic E-state index is 0.0138. The predicted octanol–water partition coefficient (Wildman–Crippen LogP) is 2.84. The van der Waals surface area contributed by atoms with Crippen LogP contribution in [0.1, 0.15) is 36.1 Å². The molecular weight excluding hydrogens is 384 g/mol. The summed E-state index contributed by atoms with van der Waals surface area (Å²) in [5, 5.41) is 2.83. The number of hydrogen-bond donors (Lipinski definition) is 1. The molecule has 1 atom stereocenters. The maximum Gasteiger partial charge on any atom is 0.308 e. The summed E-state index contributed by atoms with van der Waals surface area (Å²) in [6.07, 6.45) is -0.0138. The zero-order valence-electron chi connectivity index (χ0n) is 17.4. The molecule has 0 bridgehead atoms. The van der Waals surface area contributed by atoms with Crippen molar-refractivity contribution in [3.63, 3.8) is 0 Å². The van der Waals surface area contributed by atoms with Crippen molar-refractivity contribution in [3.8, 4) is 5.75 Å². The van der Waals surface area contributed by atoms with Crippen LogP contribution >= 0.6 is 0 Å². The SMILES string of the molecule is Cc1ccc([C@@H](C)NC(=O)COC(=O)CCN2C(=O)COc3ccccc32)cc1C. The summed E-state index contributed by atoms with van der Waals surface area (Å²) >= 11 is 0. The van der Waals surface area contributed by atoms with Crippen LogP contribution < -0.4 is 15.0 Å². The zero-order valence-corrected chi connectivity index (χ0v) is 17.4. The van der Waals surface area contributed by atoms with Crippen molar-refractivity contribution in [2.45, 2.75) is 33.2 Å². The van der Waals surface area contributed by atoms with E-state index in [1.807, 2.05) is 45.0 Å². The summed E-state index contributed by atoms with van der Waals surface area (Å²) in [6, 6.07) is 13.0. The number of rotatable bonds is 7. The average molecular weight is 410 g/mol. The van der Waals surface area contributed by atoms with Crippen LogP contribution in [0, 0.1) is 13.8 Å². The largest absolute Gasteiger partial charge is 0.482 e. The lowest BCUT2D eigenvalue weighted by molar-refractivity contribution is -0.148. The second-order valence-electron chi connectivity index (χ2n) is 7.35. The Morgan fingerprint density at radius 1 is 1.17 bits per heavy atom. The fourth-order valence-corrected chi connectivity index (χ4v) is 3.22. The molecule has 1 aliphatic rings. The quantitative estimate of drug-likeness (QED) is 0.710. The molecule has 0 saturated heterocycles. The van der Waals surface area contributed by atoms with Gasteiger partial charge in [0.1, 0.15) is 5.75 Å². The lowest BCUT2D eigenvalue weighted by Crippen LogP contribution is -2.40. The van der Waals surface area contributed by atoms with Gasteiger partial charge in [0, 0.05) is 6.54 Å².